The lowest BCUT2D eigenvalue weighted by molar-refractivity contribution is -0.0334. The lowest BCUT2D eigenvalue weighted by atomic mass is 10.2. The van der Waals surface area contributed by atoms with E-state index in [1.165, 1.54) is 0 Å². The fourth-order valence-corrected chi connectivity index (χ4v) is 2.20. The Morgan fingerprint density at radius 2 is 2.41 bits per heavy atom. The minimum atomic E-state index is -0.0523. The number of nitrogens with two attached hydrogens (primary N) is 1. The summed E-state index contributed by atoms with van der Waals surface area (Å²) in [6.45, 7) is 0.761. The van der Waals surface area contributed by atoms with Gasteiger partial charge >= 0.3 is 6.01 Å². The Labute approximate surface area is 97.9 Å². The molecule has 3 N–H and O–H groups in total. The van der Waals surface area contributed by atoms with E-state index in [9.17, 15) is 0 Å². The number of aromatic amines is 1. The summed E-state index contributed by atoms with van der Waals surface area (Å²) in [6, 6.07) is 0.507. The van der Waals surface area contributed by atoms with Crippen LogP contribution in [0.15, 0.2) is 0 Å². The number of hydrogen-bond acceptors (Lipinski definition) is 5. The Bertz CT molecular complexity index is 526. The predicted octanol–water partition coefficient (Wildman–Crippen LogP) is 1.05. The quantitative estimate of drug-likeness (QED) is 0.814. The first-order chi connectivity index (χ1) is 8.31. The number of imidazole rings is 1. The first-order valence-electron chi connectivity index (χ1n) is 5.68. The molecule has 0 saturated carbocycles. The third-order valence-corrected chi connectivity index (χ3v) is 3.03. The van der Waals surface area contributed by atoms with Crippen molar-refractivity contribution in [2.45, 2.75) is 25.5 Å². The Hall–Kier alpha value is -1.76. The zero-order chi connectivity index (χ0) is 11.8. The van der Waals surface area contributed by atoms with Gasteiger partial charge in [-0.1, -0.05) is 0 Å². The van der Waals surface area contributed by atoms with E-state index in [2.05, 4.69) is 15.2 Å². The van der Waals surface area contributed by atoms with Crippen molar-refractivity contribution in [3.05, 3.63) is 0 Å². The fraction of sp³-hybridized carbons (Fsp3) is 0.600. The van der Waals surface area contributed by atoms with Crippen molar-refractivity contribution in [2.75, 3.05) is 19.5 Å². The van der Waals surface area contributed by atoms with Gasteiger partial charge in [0.2, 0.25) is 0 Å². The summed E-state index contributed by atoms with van der Waals surface area (Å²) in [4.78, 5) is 4.31. The van der Waals surface area contributed by atoms with Crippen LogP contribution in [0.5, 0.6) is 6.01 Å². The predicted molar refractivity (Wildman–Crippen MR) is 61.7 cm³/mol. The molecule has 7 nitrogen and oxygen atoms in total. The third-order valence-electron chi connectivity index (χ3n) is 3.03. The van der Waals surface area contributed by atoms with Gasteiger partial charge in [0.1, 0.15) is 6.23 Å². The molecule has 0 amide bonds. The first-order valence-corrected chi connectivity index (χ1v) is 5.68. The number of nitrogens with zero attached hydrogens (tertiary/aromatic N) is 3. The number of anilines is 1. The Kier molecular flexibility index (Phi) is 2.40. The van der Waals surface area contributed by atoms with Gasteiger partial charge in [0.25, 0.3) is 0 Å². The second-order valence-electron chi connectivity index (χ2n) is 4.10. The number of nitrogen functional groups attached to an aromatic ring is 1. The number of methoxy groups -OCH3 is 1. The van der Waals surface area contributed by atoms with E-state index in [0.29, 0.717) is 17.3 Å². The first kappa shape index (κ1) is 10.4. The normalized spacial score (nSPS) is 20.9. The number of H-pyrrole nitrogens is 1. The zero-order valence-electron chi connectivity index (χ0n) is 9.64. The van der Waals surface area contributed by atoms with E-state index in [1.807, 2.05) is 4.57 Å². The van der Waals surface area contributed by atoms with Crippen LogP contribution < -0.4 is 10.5 Å². The maximum Gasteiger partial charge on any atom is 0.300 e. The van der Waals surface area contributed by atoms with E-state index >= 15 is 0 Å². The number of fused-ring (bicyclic) bond motifs is 1. The molecule has 0 aliphatic carbocycles. The van der Waals surface area contributed by atoms with E-state index in [0.717, 1.165) is 31.5 Å². The second kappa shape index (κ2) is 3.92. The zero-order valence-corrected chi connectivity index (χ0v) is 9.64. The van der Waals surface area contributed by atoms with Crippen molar-refractivity contribution in [1.29, 1.82) is 0 Å². The molecule has 1 aliphatic heterocycles. The lowest BCUT2D eigenvalue weighted by Crippen LogP contribution is -2.19. The number of nitrogens with one attached hydrogen (secondary N) is 1. The molecule has 3 rings (SSSR count). The van der Waals surface area contributed by atoms with E-state index in [4.69, 9.17) is 15.2 Å². The van der Waals surface area contributed by atoms with Crippen LogP contribution in [0.2, 0.25) is 0 Å². The average molecular weight is 237 g/mol. The van der Waals surface area contributed by atoms with Crippen LogP contribution in [0.4, 0.5) is 5.82 Å². The monoisotopic (exact) mass is 237 g/mol. The Morgan fingerprint density at radius 3 is 3.12 bits per heavy atom. The molecule has 1 fully saturated rings. The van der Waals surface area contributed by atoms with Crippen LogP contribution in [-0.2, 0) is 4.74 Å². The standard InChI is InChI=1S/C10H15N5O2/c1-16-10-12-7-8(11)13-14-9(7)15(10)6-4-2-3-5-17-6/h6H,2-5H2,1H3,(H3,11,13,14). The van der Waals surface area contributed by atoms with E-state index in [1.54, 1.807) is 7.11 Å². The molecule has 1 unspecified atom stereocenters. The fourth-order valence-electron chi connectivity index (χ4n) is 2.20. The topological polar surface area (TPSA) is 91.0 Å². The molecular weight excluding hydrogens is 222 g/mol. The van der Waals surface area contributed by atoms with Gasteiger partial charge in [-0.3, -0.25) is 9.67 Å². The van der Waals surface area contributed by atoms with Crippen molar-refractivity contribution in [3.63, 3.8) is 0 Å². The second-order valence-corrected chi connectivity index (χ2v) is 4.10. The minimum absolute atomic E-state index is 0.0523. The molecular formula is C10H15N5O2. The summed E-state index contributed by atoms with van der Waals surface area (Å²) < 4.78 is 12.9. The summed E-state index contributed by atoms with van der Waals surface area (Å²) in [5, 5.41) is 6.82. The maximum absolute atomic E-state index is 5.74. The smallest absolute Gasteiger partial charge is 0.300 e. The molecule has 17 heavy (non-hydrogen) atoms. The number of rotatable bonds is 2. The van der Waals surface area contributed by atoms with Crippen LogP contribution in [-0.4, -0.2) is 33.5 Å². The summed E-state index contributed by atoms with van der Waals surface area (Å²) in [7, 11) is 1.59. The highest BCUT2D eigenvalue weighted by molar-refractivity contribution is 5.83. The van der Waals surface area contributed by atoms with Gasteiger partial charge in [-0.2, -0.15) is 10.1 Å². The van der Waals surface area contributed by atoms with Gasteiger partial charge in [-0.05, 0) is 19.3 Å². The SMILES string of the molecule is COc1nc2c(N)n[nH]c2n1C1CCCCO1. The molecule has 0 bridgehead atoms. The Morgan fingerprint density at radius 1 is 1.53 bits per heavy atom. The van der Waals surface area contributed by atoms with Gasteiger partial charge in [-0.15, -0.1) is 0 Å². The van der Waals surface area contributed by atoms with Crippen molar-refractivity contribution in [2.24, 2.45) is 0 Å². The molecule has 2 aromatic rings. The molecule has 1 saturated heterocycles. The molecule has 0 aromatic carbocycles. The molecule has 1 atom stereocenters. The molecule has 7 heteroatoms. The summed E-state index contributed by atoms with van der Waals surface area (Å²) in [5.41, 5.74) is 7.12. The lowest BCUT2D eigenvalue weighted by Gasteiger charge is -2.24. The van der Waals surface area contributed by atoms with Crippen molar-refractivity contribution in [3.8, 4) is 6.01 Å². The van der Waals surface area contributed by atoms with Crippen LogP contribution in [0, 0.1) is 0 Å². The molecule has 92 valence electrons. The molecule has 3 heterocycles. The summed E-state index contributed by atoms with van der Waals surface area (Å²) in [6.07, 6.45) is 3.13. The van der Waals surface area contributed by atoms with Crippen LogP contribution in [0.1, 0.15) is 25.5 Å². The van der Waals surface area contributed by atoms with Crippen LogP contribution in [0.25, 0.3) is 11.2 Å². The van der Waals surface area contributed by atoms with E-state index in [-0.39, 0.29) is 6.23 Å². The summed E-state index contributed by atoms with van der Waals surface area (Å²) in [5.74, 6) is 0.382. The number of aromatic nitrogens is 4. The number of hydrogen-bond donors (Lipinski definition) is 2. The number of ether oxygens (including phenoxy) is 2. The molecule has 1 aliphatic rings. The summed E-state index contributed by atoms with van der Waals surface area (Å²) >= 11 is 0. The third kappa shape index (κ3) is 1.54. The van der Waals surface area contributed by atoms with Gasteiger partial charge in [0, 0.05) is 6.61 Å². The van der Waals surface area contributed by atoms with Crippen molar-refractivity contribution < 1.29 is 9.47 Å². The van der Waals surface area contributed by atoms with Gasteiger partial charge in [0.05, 0.1) is 7.11 Å². The minimum Gasteiger partial charge on any atom is -0.468 e. The van der Waals surface area contributed by atoms with Gasteiger partial charge < -0.3 is 15.2 Å². The molecule has 0 spiro atoms. The highest BCUT2D eigenvalue weighted by atomic mass is 16.5. The van der Waals surface area contributed by atoms with Gasteiger partial charge in [0.15, 0.2) is 17.0 Å². The average Bonchev–Trinajstić information content (AvgIpc) is 2.90. The van der Waals surface area contributed by atoms with Crippen LogP contribution >= 0.6 is 0 Å². The highest BCUT2D eigenvalue weighted by Gasteiger charge is 2.24. The van der Waals surface area contributed by atoms with Gasteiger partial charge in [-0.25, -0.2) is 0 Å². The van der Waals surface area contributed by atoms with Crippen LogP contribution in [0.3, 0.4) is 0 Å². The van der Waals surface area contributed by atoms with Crippen molar-refractivity contribution >= 4 is 17.0 Å². The molecule has 2 aromatic heterocycles. The molecule has 0 radical (unpaired) electrons. The van der Waals surface area contributed by atoms with E-state index < -0.39 is 0 Å². The maximum atomic E-state index is 5.74. The van der Waals surface area contributed by atoms with Crippen molar-refractivity contribution in [1.82, 2.24) is 19.7 Å². The Balaban J connectivity index is 2.11. The largest absolute Gasteiger partial charge is 0.468 e. The highest BCUT2D eigenvalue weighted by Crippen LogP contribution is 2.32.